The van der Waals surface area contributed by atoms with E-state index >= 15 is 0 Å². The summed E-state index contributed by atoms with van der Waals surface area (Å²) in [6, 6.07) is 8.44. The Kier molecular flexibility index (Phi) is 6.21. The first-order valence-corrected chi connectivity index (χ1v) is 7.13. The van der Waals surface area contributed by atoms with Gasteiger partial charge in [-0.2, -0.15) is 0 Å². The topological polar surface area (TPSA) is 69.6 Å². The van der Waals surface area contributed by atoms with Crippen molar-refractivity contribution in [2.24, 2.45) is 5.92 Å². The predicted octanol–water partition coefficient (Wildman–Crippen LogP) is 2.89. The summed E-state index contributed by atoms with van der Waals surface area (Å²) in [7, 11) is 1.73. The minimum absolute atomic E-state index is 0.0752. The van der Waals surface area contributed by atoms with Gasteiger partial charge in [-0.25, -0.2) is 4.79 Å². The number of amides is 2. The number of rotatable bonds is 6. The highest BCUT2D eigenvalue weighted by Gasteiger charge is 2.23. The Balaban J connectivity index is 2.82. The average Bonchev–Trinajstić information content (AvgIpc) is 2.45. The minimum atomic E-state index is -0.941. The first-order chi connectivity index (χ1) is 9.82. The van der Waals surface area contributed by atoms with E-state index < -0.39 is 12.0 Å². The van der Waals surface area contributed by atoms with Crippen LogP contribution in [0.25, 0.3) is 0 Å². The zero-order chi connectivity index (χ0) is 16.0. The molecule has 0 saturated carbocycles. The zero-order valence-electron chi connectivity index (χ0n) is 13.0. The van der Waals surface area contributed by atoms with Gasteiger partial charge in [0, 0.05) is 13.1 Å². The lowest BCUT2D eigenvalue weighted by molar-refractivity contribution is -0.137. The maximum Gasteiger partial charge on any atom is 0.317 e. The van der Waals surface area contributed by atoms with Gasteiger partial charge in [-0.3, -0.25) is 4.79 Å². The Hall–Kier alpha value is -2.04. The monoisotopic (exact) mass is 292 g/mol. The van der Waals surface area contributed by atoms with Crippen LogP contribution in [0, 0.1) is 5.92 Å². The number of hydrogen-bond donors (Lipinski definition) is 2. The van der Waals surface area contributed by atoms with E-state index in [1.54, 1.807) is 11.9 Å². The molecule has 116 valence electrons. The van der Waals surface area contributed by atoms with Crippen LogP contribution in [0.15, 0.2) is 30.3 Å². The third-order valence-electron chi connectivity index (χ3n) is 3.77. The number of nitrogens with one attached hydrogen (secondary N) is 1. The summed E-state index contributed by atoms with van der Waals surface area (Å²) in [4.78, 5) is 24.9. The SMILES string of the molecule is CC(C)C(C)N(C)C(=O)NC(CC(=O)O)c1ccccc1. The summed E-state index contributed by atoms with van der Waals surface area (Å²) in [5, 5.41) is 11.8. The number of benzene rings is 1. The van der Waals surface area contributed by atoms with Gasteiger partial charge in [0.2, 0.25) is 0 Å². The van der Waals surface area contributed by atoms with E-state index in [1.165, 1.54) is 0 Å². The van der Waals surface area contributed by atoms with Crippen LogP contribution in [0.1, 0.15) is 38.8 Å². The van der Waals surface area contributed by atoms with Crippen LogP contribution in [0.5, 0.6) is 0 Å². The zero-order valence-corrected chi connectivity index (χ0v) is 13.0. The molecule has 1 rings (SSSR count). The third kappa shape index (κ3) is 5.10. The Labute approximate surface area is 126 Å². The molecule has 0 saturated heterocycles. The lowest BCUT2D eigenvalue weighted by Gasteiger charge is -2.30. The van der Waals surface area contributed by atoms with Crippen molar-refractivity contribution >= 4 is 12.0 Å². The highest BCUT2D eigenvalue weighted by molar-refractivity contribution is 5.76. The normalized spacial score (nSPS) is 13.6. The maximum absolute atomic E-state index is 12.3. The van der Waals surface area contributed by atoms with E-state index in [0.717, 1.165) is 5.56 Å². The molecule has 2 amide bonds. The van der Waals surface area contributed by atoms with Crippen LogP contribution in [0.4, 0.5) is 4.79 Å². The fourth-order valence-corrected chi connectivity index (χ4v) is 2.00. The van der Waals surface area contributed by atoms with Gasteiger partial charge in [0.25, 0.3) is 0 Å². The molecular formula is C16H24N2O3. The molecule has 0 aromatic heterocycles. The van der Waals surface area contributed by atoms with Crippen molar-refractivity contribution in [2.45, 2.75) is 39.3 Å². The van der Waals surface area contributed by atoms with Crippen molar-refractivity contribution in [3.05, 3.63) is 35.9 Å². The molecule has 2 unspecified atom stereocenters. The molecular weight excluding hydrogens is 268 g/mol. The number of urea groups is 1. The molecule has 0 fully saturated rings. The van der Waals surface area contributed by atoms with E-state index in [9.17, 15) is 9.59 Å². The first kappa shape index (κ1) is 17.0. The van der Waals surface area contributed by atoms with Crippen molar-refractivity contribution in [1.29, 1.82) is 0 Å². The first-order valence-electron chi connectivity index (χ1n) is 7.13. The van der Waals surface area contributed by atoms with E-state index in [1.807, 2.05) is 51.1 Å². The molecule has 0 heterocycles. The van der Waals surface area contributed by atoms with Crippen molar-refractivity contribution in [3.63, 3.8) is 0 Å². The fourth-order valence-electron chi connectivity index (χ4n) is 2.00. The van der Waals surface area contributed by atoms with Gasteiger partial charge < -0.3 is 15.3 Å². The second-order valence-corrected chi connectivity index (χ2v) is 5.61. The molecule has 0 aliphatic rings. The highest BCUT2D eigenvalue weighted by atomic mass is 16.4. The highest BCUT2D eigenvalue weighted by Crippen LogP contribution is 2.17. The van der Waals surface area contributed by atoms with Crippen molar-refractivity contribution < 1.29 is 14.7 Å². The van der Waals surface area contributed by atoms with Crippen LogP contribution < -0.4 is 5.32 Å². The van der Waals surface area contributed by atoms with Gasteiger partial charge in [0.05, 0.1) is 12.5 Å². The second-order valence-electron chi connectivity index (χ2n) is 5.61. The Morgan fingerprint density at radius 1 is 1.19 bits per heavy atom. The summed E-state index contributed by atoms with van der Waals surface area (Å²) in [6.45, 7) is 6.06. The molecule has 0 bridgehead atoms. The maximum atomic E-state index is 12.3. The molecule has 5 nitrogen and oxygen atoms in total. The van der Waals surface area contributed by atoms with Crippen LogP contribution in [-0.4, -0.2) is 35.1 Å². The van der Waals surface area contributed by atoms with Gasteiger partial charge in [-0.1, -0.05) is 44.2 Å². The minimum Gasteiger partial charge on any atom is -0.481 e. The number of carboxylic acid groups (broad SMARTS) is 1. The largest absolute Gasteiger partial charge is 0.481 e. The van der Waals surface area contributed by atoms with Crippen molar-refractivity contribution in [1.82, 2.24) is 10.2 Å². The number of carbonyl (C=O) groups excluding carboxylic acids is 1. The van der Waals surface area contributed by atoms with Gasteiger partial charge in [0.15, 0.2) is 0 Å². The summed E-state index contributed by atoms with van der Waals surface area (Å²) in [6.07, 6.45) is -0.139. The van der Waals surface area contributed by atoms with Crippen LogP contribution in [0.2, 0.25) is 0 Å². The second kappa shape index (κ2) is 7.67. The molecule has 0 aliphatic carbocycles. The summed E-state index contributed by atoms with van der Waals surface area (Å²) >= 11 is 0. The van der Waals surface area contributed by atoms with Crippen LogP contribution in [0.3, 0.4) is 0 Å². The third-order valence-corrected chi connectivity index (χ3v) is 3.77. The van der Waals surface area contributed by atoms with E-state index in [-0.39, 0.29) is 18.5 Å². The van der Waals surface area contributed by atoms with E-state index in [2.05, 4.69) is 5.32 Å². The van der Waals surface area contributed by atoms with Crippen molar-refractivity contribution in [2.75, 3.05) is 7.05 Å². The van der Waals surface area contributed by atoms with Gasteiger partial charge in [0.1, 0.15) is 0 Å². The van der Waals surface area contributed by atoms with Gasteiger partial charge >= 0.3 is 12.0 Å². The number of hydrogen-bond acceptors (Lipinski definition) is 2. The number of nitrogens with zero attached hydrogens (tertiary/aromatic N) is 1. The summed E-state index contributed by atoms with van der Waals surface area (Å²) in [5.41, 5.74) is 0.791. The molecule has 21 heavy (non-hydrogen) atoms. The van der Waals surface area contributed by atoms with Gasteiger partial charge in [-0.05, 0) is 18.4 Å². The van der Waals surface area contributed by atoms with Crippen molar-refractivity contribution in [3.8, 4) is 0 Å². The predicted molar refractivity (Wildman–Crippen MR) is 82.0 cm³/mol. The molecule has 0 spiro atoms. The van der Waals surface area contributed by atoms with Crippen LogP contribution >= 0.6 is 0 Å². The van der Waals surface area contributed by atoms with Gasteiger partial charge in [-0.15, -0.1) is 0 Å². The Bertz CT molecular complexity index is 474. The lowest BCUT2D eigenvalue weighted by atomic mass is 10.0. The lowest BCUT2D eigenvalue weighted by Crippen LogP contribution is -2.45. The quantitative estimate of drug-likeness (QED) is 0.847. The molecule has 0 radical (unpaired) electrons. The van der Waals surface area contributed by atoms with Crippen LogP contribution in [-0.2, 0) is 4.79 Å². The Morgan fingerprint density at radius 2 is 1.76 bits per heavy atom. The molecule has 1 aromatic rings. The molecule has 2 N–H and O–H groups in total. The summed E-state index contributed by atoms with van der Waals surface area (Å²) in [5.74, 6) is -0.612. The number of carbonyl (C=O) groups is 2. The number of carboxylic acids is 1. The fraction of sp³-hybridized carbons (Fsp3) is 0.500. The molecule has 2 atom stereocenters. The number of aliphatic carboxylic acids is 1. The average molecular weight is 292 g/mol. The smallest absolute Gasteiger partial charge is 0.317 e. The Morgan fingerprint density at radius 3 is 2.24 bits per heavy atom. The molecule has 0 aliphatic heterocycles. The van der Waals surface area contributed by atoms with E-state index in [4.69, 9.17) is 5.11 Å². The summed E-state index contributed by atoms with van der Waals surface area (Å²) < 4.78 is 0. The molecule has 1 aromatic carbocycles. The molecule has 5 heteroatoms. The standard InChI is InChI=1S/C16H24N2O3/c1-11(2)12(3)18(4)16(21)17-14(10-15(19)20)13-8-6-5-7-9-13/h5-9,11-12,14H,10H2,1-4H3,(H,17,21)(H,19,20). The van der Waals surface area contributed by atoms with E-state index in [0.29, 0.717) is 5.92 Å².